The number of piperazine rings is 1. The van der Waals surface area contributed by atoms with Crippen LogP contribution in [0.5, 0.6) is 11.5 Å². The molecule has 0 aromatic heterocycles. The van der Waals surface area contributed by atoms with E-state index in [0.717, 1.165) is 26.2 Å². The van der Waals surface area contributed by atoms with Gasteiger partial charge in [0, 0.05) is 18.7 Å². The molecular formula is C22H23FN2O3. The van der Waals surface area contributed by atoms with Gasteiger partial charge in [-0.05, 0) is 43.3 Å². The van der Waals surface area contributed by atoms with Crippen molar-refractivity contribution in [2.75, 3.05) is 33.2 Å². The Bertz CT molecular complexity index is 962. The zero-order valence-electron chi connectivity index (χ0n) is 16.0. The summed E-state index contributed by atoms with van der Waals surface area (Å²) in [5.74, 6) is -0.225. The smallest absolute Gasteiger partial charge is 0.232 e. The number of nitrogens with one attached hydrogen (secondary N) is 1. The van der Waals surface area contributed by atoms with E-state index in [4.69, 9.17) is 4.74 Å². The molecule has 2 aromatic rings. The maximum atomic E-state index is 13.5. The molecule has 1 N–H and O–H groups in total. The molecule has 0 radical (unpaired) electrons. The van der Waals surface area contributed by atoms with E-state index in [0.29, 0.717) is 34.5 Å². The number of quaternary nitrogens is 1. The normalized spacial score (nSPS) is 19.1. The fourth-order valence-corrected chi connectivity index (χ4v) is 3.84. The number of ether oxygens (including phenoxy) is 1. The molecule has 146 valence electrons. The lowest BCUT2D eigenvalue weighted by Crippen LogP contribution is -3.13. The molecular weight excluding hydrogens is 359 g/mol. The topological polar surface area (TPSA) is 57.0 Å². The number of allylic oxidation sites excluding steroid dienone is 1. The lowest BCUT2D eigenvalue weighted by molar-refractivity contribution is -0.918. The number of aryl methyl sites for hydroxylation is 1. The zero-order valence-corrected chi connectivity index (χ0v) is 16.0. The van der Waals surface area contributed by atoms with Gasteiger partial charge in [0.2, 0.25) is 5.78 Å². The van der Waals surface area contributed by atoms with Crippen LogP contribution < -0.4 is 14.7 Å². The van der Waals surface area contributed by atoms with E-state index in [1.165, 1.54) is 29.2 Å². The summed E-state index contributed by atoms with van der Waals surface area (Å²) in [5, 5.41) is 12.7. The Kier molecular flexibility index (Phi) is 4.91. The number of rotatable bonds is 3. The molecule has 2 aromatic carbocycles. The number of benzene rings is 2. The predicted octanol–water partition coefficient (Wildman–Crippen LogP) is 1.15. The number of hydrogen-bond acceptors (Lipinski definition) is 4. The van der Waals surface area contributed by atoms with Gasteiger partial charge in [-0.15, -0.1) is 0 Å². The minimum Gasteiger partial charge on any atom is -0.872 e. The van der Waals surface area contributed by atoms with Gasteiger partial charge in [-0.3, -0.25) is 9.69 Å². The Balaban J connectivity index is 1.68. The fraction of sp³-hybridized carbons (Fsp3) is 0.318. The summed E-state index contributed by atoms with van der Waals surface area (Å²) in [5.41, 5.74) is 2.16. The third-order valence-electron chi connectivity index (χ3n) is 5.47. The Morgan fingerprint density at radius 2 is 2.04 bits per heavy atom. The Labute approximate surface area is 163 Å². The molecule has 28 heavy (non-hydrogen) atoms. The highest BCUT2D eigenvalue weighted by Gasteiger charge is 2.33. The number of nitrogens with zero attached hydrogens (tertiary/aromatic N) is 1. The molecule has 6 heteroatoms. The molecule has 0 amide bonds. The van der Waals surface area contributed by atoms with Crippen molar-refractivity contribution in [3.63, 3.8) is 0 Å². The van der Waals surface area contributed by atoms with Crippen LogP contribution in [0.25, 0.3) is 6.08 Å². The van der Waals surface area contributed by atoms with Crippen LogP contribution in [0.3, 0.4) is 0 Å². The third-order valence-corrected chi connectivity index (χ3v) is 5.47. The van der Waals surface area contributed by atoms with Crippen molar-refractivity contribution in [2.45, 2.75) is 13.5 Å². The molecule has 2 heterocycles. The summed E-state index contributed by atoms with van der Waals surface area (Å²) in [4.78, 5) is 16.5. The summed E-state index contributed by atoms with van der Waals surface area (Å²) in [6.45, 7) is 6.12. The largest absolute Gasteiger partial charge is 0.872 e. The number of likely N-dealkylation sites (N-methyl/N-ethyl adjacent to an activating group) is 1. The first-order valence-corrected chi connectivity index (χ1v) is 9.48. The number of carbonyl (C=O) groups is 1. The van der Waals surface area contributed by atoms with Gasteiger partial charge in [-0.25, -0.2) is 4.39 Å². The average Bonchev–Trinajstić information content (AvgIpc) is 2.97. The molecule has 2 aliphatic rings. The summed E-state index contributed by atoms with van der Waals surface area (Å²) in [6, 6.07) is 7.50. The molecule has 1 saturated heterocycles. The van der Waals surface area contributed by atoms with Gasteiger partial charge in [0.1, 0.15) is 18.1 Å². The van der Waals surface area contributed by atoms with Crippen LogP contribution in [-0.4, -0.2) is 43.9 Å². The van der Waals surface area contributed by atoms with Gasteiger partial charge in [0.25, 0.3) is 0 Å². The molecule has 1 fully saturated rings. The molecule has 0 unspecified atom stereocenters. The first-order valence-electron chi connectivity index (χ1n) is 9.48. The van der Waals surface area contributed by atoms with Crippen LogP contribution in [0, 0.1) is 12.7 Å². The Morgan fingerprint density at radius 3 is 2.75 bits per heavy atom. The van der Waals surface area contributed by atoms with Gasteiger partial charge in [-0.2, -0.15) is 0 Å². The van der Waals surface area contributed by atoms with Crippen molar-refractivity contribution >= 4 is 11.9 Å². The summed E-state index contributed by atoms with van der Waals surface area (Å²) >= 11 is 0. The second-order valence-corrected chi connectivity index (χ2v) is 7.60. The molecule has 0 saturated carbocycles. The lowest BCUT2D eigenvalue weighted by Gasteiger charge is -2.31. The van der Waals surface area contributed by atoms with E-state index in [2.05, 4.69) is 11.9 Å². The first kappa shape index (κ1) is 18.7. The van der Waals surface area contributed by atoms with Crippen molar-refractivity contribution < 1.29 is 23.9 Å². The Hall–Kier alpha value is -2.70. The van der Waals surface area contributed by atoms with Crippen molar-refractivity contribution in [3.05, 3.63) is 64.2 Å². The monoisotopic (exact) mass is 382 g/mol. The van der Waals surface area contributed by atoms with Gasteiger partial charge in [0.05, 0.1) is 18.7 Å². The van der Waals surface area contributed by atoms with E-state index in [9.17, 15) is 14.3 Å². The highest BCUT2D eigenvalue weighted by atomic mass is 19.1. The van der Waals surface area contributed by atoms with E-state index in [1.807, 2.05) is 0 Å². The second-order valence-electron chi connectivity index (χ2n) is 7.60. The van der Waals surface area contributed by atoms with Crippen molar-refractivity contribution in [3.8, 4) is 11.5 Å². The first-order chi connectivity index (χ1) is 13.4. The molecule has 0 aliphatic carbocycles. The van der Waals surface area contributed by atoms with Gasteiger partial charge in [0.15, 0.2) is 5.76 Å². The number of carbonyl (C=O) groups excluding carboxylic acids is 1. The van der Waals surface area contributed by atoms with Crippen molar-refractivity contribution in [2.24, 2.45) is 0 Å². The van der Waals surface area contributed by atoms with Crippen LogP contribution in [0.1, 0.15) is 27.0 Å². The second kappa shape index (κ2) is 7.37. The van der Waals surface area contributed by atoms with E-state index in [-0.39, 0.29) is 23.1 Å². The summed E-state index contributed by atoms with van der Waals surface area (Å²) in [7, 11) is 2.09. The summed E-state index contributed by atoms with van der Waals surface area (Å²) in [6.07, 6.45) is 1.53. The van der Waals surface area contributed by atoms with Gasteiger partial charge < -0.3 is 14.7 Å². The third kappa shape index (κ3) is 3.53. The van der Waals surface area contributed by atoms with E-state index < -0.39 is 0 Å². The van der Waals surface area contributed by atoms with Crippen LogP contribution in [0.2, 0.25) is 0 Å². The van der Waals surface area contributed by atoms with E-state index in [1.54, 1.807) is 19.1 Å². The number of hydrogen-bond donors (Lipinski definition) is 1. The lowest BCUT2D eigenvalue weighted by atomic mass is 9.99. The number of fused-ring (bicyclic) bond motifs is 1. The van der Waals surface area contributed by atoms with Gasteiger partial charge >= 0.3 is 0 Å². The fourth-order valence-electron chi connectivity index (χ4n) is 3.84. The molecule has 0 bridgehead atoms. The van der Waals surface area contributed by atoms with Crippen LogP contribution in [0.4, 0.5) is 4.39 Å². The summed E-state index contributed by atoms with van der Waals surface area (Å²) < 4.78 is 19.4. The average molecular weight is 382 g/mol. The maximum absolute atomic E-state index is 13.5. The molecule has 0 spiro atoms. The van der Waals surface area contributed by atoms with Crippen molar-refractivity contribution in [1.82, 2.24) is 4.90 Å². The van der Waals surface area contributed by atoms with Crippen LogP contribution in [0.15, 0.2) is 36.1 Å². The molecule has 4 rings (SSSR count). The predicted molar refractivity (Wildman–Crippen MR) is 102 cm³/mol. The highest BCUT2D eigenvalue weighted by Crippen LogP contribution is 2.40. The minimum absolute atomic E-state index is 0.0949. The molecule has 0 atom stereocenters. The maximum Gasteiger partial charge on any atom is 0.232 e. The molecule has 2 aliphatic heterocycles. The van der Waals surface area contributed by atoms with Gasteiger partial charge in [-0.1, -0.05) is 23.9 Å². The quantitative estimate of drug-likeness (QED) is 0.810. The minimum atomic E-state index is -0.380. The zero-order chi connectivity index (χ0) is 19.8. The highest BCUT2D eigenvalue weighted by molar-refractivity contribution is 6.15. The van der Waals surface area contributed by atoms with Crippen LogP contribution in [-0.2, 0) is 6.54 Å². The Morgan fingerprint density at radius 1 is 1.29 bits per heavy atom. The van der Waals surface area contributed by atoms with Crippen molar-refractivity contribution in [1.29, 1.82) is 0 Å². The number of halogens is 1. The standard InChI is InChI=1S/C22H23FN2O3/c1-14-10-18(26)17(13-25-8-6-24(2)7-9-25)22-20(14)21(27)19(28-22)12-15-4-3-5-16(23)11-15/h3-5,10-12,26H,6-9,13H2,1-2H3. The van der Waals surface area contributed by atoms with E-state index >= 15 is 0 Å². The molecule has 5 nitrogen and oxygen atoms in total. The SMILES string of the molecule is Cc1cc([O-])c(C[NH+]2CCN(C)CC2)c2c1C(=O)C(=Cc1cccc(F)c1)O2. The van der Waals surface area contributed by atoms with Crippen LogP contribution >= 0.6 is 0 Å². The number of ketones is 1. The number of Topliss-reactive ketones (excluding diaryl/α,β-unsaturated/α-hetero) is 1.